The molecule has 4 aromatic rings. The lowest BCUT2D eigenvalue weighted by Crippen LogP contribution is -2.11. The van der Waals surface area contributed by atoms with E-state index in [-0.39, 0.29) is 5.91 Å². The summed E-state index contributed by atoms with van der Waals surface area (Å²) in [6, 6.07) is 14.0. The average Bonchev–Trinajstić information content (AvgIpc) is 3.23. The van der Waals surface area contributed by atoms with Gasteiger partial charge in [0.15, 0.2) is 9.47 Å². The highest BCUT2D eigenvalue weighted by molar-refractivity contribution is 8.00. The van der Waals surface area contributed by atoms with Crippen molar-refractivity contribution in [1.29, 1.82) is 0 Å². The van der Waals surface area contributed by atoms with Gasteiger partial charge in [0.1, 0.15) is 0 Å². The largest absolute Gasteiger partial charge is 0.302 e. The van der Waals surface area contributed by atoms with Gasteiger partial charge < -0.3 is 5.32 Å². The van der Waals surface area contributed by atoms with E-state index in [4.69, 9.17) is 0 Å². The molecule has 0 saturated heterocycles. The normalized spacial score (nSPS) is 11.2. The summed E-state index contributed by atoms with van der Waals surface area (Å²) in [5.74, 6) is -0.00624. The van der Waals surface area contributed by atoms with Gasteiger partial charge in [-0.2, -0.15) is 0 Å². The van der Waals surface area contributed by atoms with Crippen molar-refractivity contribution in [3.05, 3.63) is 48.0 Å². The monoisotopic (exact) mass is 385 g/mol. The van der Waals surface area contributed by atoms with Crippen molar-refractivity contribution in [2.75, 3.05) is 11.6 Å². The molecule has 0 aliphatic heterocycles. The SMILES string of the molecule is CSc1nc2ccc3nc(NC(=O)CCc4ccccc4)sc3c2s1. The van der Waals surface area contributed by atoms with E-state index in [0.717, 1.165) is 36.8 Å². The fraction of sp³-hybridized carbons (Fsp3) is 0.167. The topological polar surface area (TPSA) is 54.9 Å². The van der Waals surface area contributed by atoms with Gasteiger partial charge in [-0.3, -0.25) is 4.79 Å². The number of thioether (sulfide) groups is 1. The number of hydrogen-bond donors (Lipinski definition) is 1. The lowest BCUT2D eigenvalue weighted by molar-refractivity contribution is -0.116. The van der Waals surface area contributed by atoms with Crippen molar-refractivity contribution in [1.82, 2.24) is 9.97 Å². The lowest BCUT2D eigenvalue weighted by atomic mass is 10.1. The zero-order chi connectivity index (χ0) is 17.2. The van der Waals surface area contributed by atoms with Crippen LogP contribution in [-0.4, -0.2) is 22.1 Å². The molecule has 0 spiro atoms. The Kier molecular flexibility index (Phi) is 4.70. The van der Waals surface area contributed by atoms with Crippen molar-refractivity contribution in [3.63, 3.8) is 0 Å². The number of fused-ring (bicyclic) bond motifs is 3. The van der Waals surface area contributed by atoms with Crippen LogP contribution in [-0.2, 0) is 11.2 Å². The number of carbonyl (C=O) groups excluding carboxylic acids is 1. The van der Waals surface area contributed by atoms with Crippen LogP contribution in [0.25, 0.3) is 20.4 Å². The Bertz CT molecular complexity index is 1040. The number of benzene rings is 2. The number of carbonyl (C=O) groups is 1. The van der Waals surface area contributed by atoms with Crippen LogP contribution in [0.5, 0.6) is 0 Å². The van der Waals surface area contributed by atoms with Gasteiger partial charge >= 0.3 is 0 Å². The molecule has 1 N–H and O–H groups in total. The maximum absolute atomic E-state index is 12.2. The fourth-order valence-electron chi connectivity index (χ4n) is 2.58. The molecule has 0 radical (unpaired) electrons. The third kappa shape index (κ3) is 3.53. The minimum Gasteiger partial charge on any atom is -0.302 e. The number of amides is 1. The Morgan fingerprint density at radius 1 is 1.04 bits per heavy atom. The van der Waals surface area contributed by atoms with E-state index < -0.39 is 0 Å². The summed E-state index contributed by atoms with van der Waals surface area (Å²) in [5, 5.41) is 3.59. The molecule has 25 heavy (non-hydrogen) atoms. The second-order valence-corrected chi connectivity index (χ2v) is 8.55. The van der Waals surface area contributed by atoms with E-state index in [1.54, 1.807) is 23.1 Å². The average molecular weight is 386 g/mol. The van der Waals surface area contributed by atoms with Crippen molar-refractivity contribution >= 4 is 65.9 Å². The fourth-order valence-corrected chi connectivity index (χ4v) is 5.25. The van der Waals surface area contributed by atoms with E-state index in [1.165, 1.54) is 11.3 Å². The second-order valence-electron chi connectivity index (χ2n) is 5.50. The van der Waals surface area contributed by atoms with Gasteiger partial charge in [0.2, 0.25) is 5.91 Å². The highest BCUT2D eigenvalue weighted by Gasteiger charge is 2.13. The van der Waals surface area contributed by atoms with Crippen molar-refractivity contribution in [2.24, 2.45) is 0 Å². The van der Waals surface area contributed by atoms with E-state index in [0.29, 0.717) is 11.6 Å². The Morgan fingerprint density at radius 2 is 1.76 bits per heavy atom. The van der Waals surface area contributed by atoms with Crippen LogP contribution in [0.15, 0.2) is 46.8 Å². The quantitative estimate of drug-likeness (QED) is 0.480. The molecule has 2 heterocycles. The molecule has 4 rings (SSSR count). The first-order valence-corrected chi connectivity index (χ1v) is 10.7. The number of anilines is 1. The number of aromatic nitrogens is 2. The zero-order valence-electron chi connectivity index (χ0n) is 13.5. The first kappa shape index (κ1) is 16.5. The van der Waals surface area contributed by atoms with Gasteiger partial charge in [-0.05, 0) is 30.4 Å². The molecule has 0 aliphatic carbocycles. The summed E-state index contributed by atoms with van der Waals surface area (Å²) in [5.41, 5.74) is 3.07. The number of aryl methyl sites for hydroxylation is 1. The molecule has 2 aromatic carbocycles. The number of rotatable bonds is 5. The molecule has 7 heteroatoms. The van der Waals surface area contributed by atoms with Gasteiger partial charge in [-0.1, -0.05) is 53.4 Å². The highest BCUT2D eigenvalue weighted by Crippen LogP contribution is 2.37. The van der Waals surface area contributed by atoms with Gasteiger partial charge in [-0.15, -0.1) is 11.3 Å². The molecule has 1 amide bonds. The number of nitrogens with zero attached hydrogens (tertiary/aromatic N) is 2. The minimum absolute atomic E-state index is 0.00624. The van der Waals surface area contributed by atoms with Crippen molar-refractivity contribution < 1.29 is 4.79 Å². The van der Waals surface area contributed by atoms with Crippen molar-refractivity contribution in [3.8, 4) is 0 Å². The van der Waals surface area contributed by atoms with Gasteiger partial charge in [0.05, 0.1) is 20.4 Å². The van der Waals surface area contributed by atoms with Crippen LogP contribution >= 0.6 is 34.4 Å². The van der Waals surface area contributed by atoms with E-state index in [1.807, 2.05) is 48.7 Å². The third-order valence-electron chi connectivity index (χ3n) is 3.80. The Balaban J connectivity index is 1.52. The second kappa shape index (κ2) is 7.11. The number of thiazole rings is 2. The predicted octanol–water partition coefficient (Wildman–Crippen LogP) is 5.20. The third-order valence-corrected chi connectivity index (χ3v) is 7.00. The van der Waals surface area contributed by atoms with Crippen LogP contribution < -0.4 is 5.32 Å². The standard InChI is InChI=1S/C18H15N3OS3/c1-23-18-20-13-9-8-12-15(16(13)25-18)24-17(19-12)21-14(22)10-7-11-5-3-2-4-6-11/h2-6,8-9H,7,10H2,1H3,(H,19,21,22). The van der Waals surface area contributed by atoms with Gasteiger partial charge in [0, 0.05) is 6.42 Å². The molecular formula is C18H15N3OS3. The van der Waals surface area contributed by atoms with Gasteiger partial charge in [0.25, 0.3) is 0 Å². The van der Waals surface area contributed by atoms with Crippen LogP contribution in [0.2, 0.25) is 0 Å². The zero-order valence-corrected chi connectivity index (χ0v) is 15.9. The smallest absolute Gasteiger partial charge is 0.226 e. The highest BCUT2D eigenvalue weighted by atomic mass is 32.2. The lowest BCUT2D eigenvalue weighted by Gasteiger charge is -2.01. The first-order chi connectivity index (χ1) is 12.2. The molecule has 0 fully saturated rings. The molecule has 4 nitrogen and oxygen atoms in total. The van der Waals surface area contributed by atoms with Gasteiger partial charge in [-0.25, -0.2) is 9.97 Å². The summed E-state index contributed by atoms with van der Waals surface area (Å²) in [6.45, 7) is 0. The minimum atomic E-state index is -0.00624. The molecular weight excluding hydrogens is 370 g/mol. The maximum atomic E-state index is 12.2. The van der Waals surface area contributed by atoms with Crippen molar-refractivity contribution in [2.45, 2.75) is 17.2 Å². The summed E-state index contributed by atoms with van der Waals surface area (Å²) in [4.78, 5) is 21.4. The Hall–Kier alpha value is -1.96. The number of hydrogen-bond acceptors (Lipinski definition) is 6. The molecule has 0 bridgehead atoms. The summed E-state index contributed by atoms with van der Waals surface area (Å²) >= 11 is 4.84. The van der Waals surface area contributed by atoms with E-state index in [9.17, 15) is 4.79 Å². The maximum Gasteiger partial charge on any atom is 0.226 e. The van der Waals surface area contributed by atoms with Crippen LogP contribution in [0.3, 0.4) is 0 Å². The molecule has 0 atom stereocenters. The Labute approximate surface area is 157 Å². The van der Waals surface area contributed by atoms with E-state index in [2.05, 4.69) is 15.3 Å². The number of nitrogens with one attached hydrogen (secondary N) is 1. The molecule has 126 valence electrons. The molecule has 0 aliphatic rings. The van der Waals surface area contributed by atoms with E-state index >= 15 is 0 Å². The molecule has 0 saturated carbocycles. The Morgan fingerprint density at radius 3 is 2.52 bits per heavy atom. The van der Waals surface area contributed by atoms with Crippen LogP contribution in [0, 0.1) is 0 Å². The molecule has 0 unspecified atom stereocenters. The van der Waals surface area contributed by atoms with Crippen LogP contribution in [0.4, 0.5) is 5.13 Å². The predicted molar refractivity (Wildman–Crippen MR) is 108 cm³/mol. The molecule has 2 aromatic heterocycles. The summed E-state index contributed by atoms with van der Waals surface area (Å²) in [7, 11) is 0. The summed E-state index contributed by atoms with van der Waals surface area (Å²) < 4.78 is 3.28. The first-order valence-electron chi connectivity index (χ1n) is 7.81. The summed E-state index contributed by atoms with van der Waals surface area (Å²) in [6.07, 6.45) is 3.21. The van der Waals surface area contributed by atoms with Crippen LogP contribution in [0.1, 0.15) is 12.0 Å².